The molecule has 1 saturated heterocycles. The van der Waals surface area contributed by atoms with Crippen molar-refractivity contribution in [2.24, 2.45) is 0 Å². The lowest BCUT2D eigenvalue weighted by Crippen LogP contribution is -2.43. The Hall–Kier alpha value is -3.80. The monoisotopic (exact) mass is 416 g/mol. The van der Waals surface area contributed by atoms with Gasteiger partial charge < -0.3 is 14.4 Å². The molecule has 1 heterocycles. The van der Waals surface area contributed by atoms with E-state index in [0.29, 0.717) is 22.9 Å². The maximum absolute atomic E-state index is 13.3. The Kier molecular flexibility index (Phi) is 5.38. The molecule has 0 atom stereocenters. The van der Waals surface area contributed by atoms with Crippen LogP contribution >= 0.6 is 0 Å². The number of para-hydroxylation sites is 2. The number of rotatable bonds is 6. The lowest BCUT2D eigenvalue weighted by molar-refractivity contribution is -0.123. The van der Waals surface area contributed by atoms with E-state index in [2.05, 4.69) is 0 Å². The van der Waals surface area contributed by atoms with Crippen molar-refractivity contribution in [3.8, 4) is 17.2 Å². The highest BCUT2D eigenvalue weighted by Crippen LogP contribution is 2.35. The number of methoxy groups -OCH3 is 1. The van der Waals surface area contributed by atoms with Crippen LogP contribution in [-0.2, 0) is 11.3 Å². The van der Waals surface area contributed by atoms with Crippen LogP contribution in [0.15, 0.2) is 78.9 Å². The summed E-state index contributed by atoms with van der Waals surface area (Å²) < 4.78 is 11.2. The minimum atomic E-state index is -1.00. The third kappa shape index (κ3) is 3.84. The highest BCUT2D eigenvalue weighted by Gasteiger charge is 2.51. The summed E-state index contributed by atoms with van der Waals surface area (Å²) >= 11 is 0. The number of amides is 3. The van der Waals surface area contributed by atoms with Gasteiger partial charge in [0.25, 0.3) is 5.91 Å². The molecule has 0 bridgehead atoms. The summed E-state index contributed by atoms with van der Waals surface area (Å²) in [6.45, 7) is 3.77. The Balaban J connectivity index is 1.63. The Labute approximate surface area is 181 Å². The van der Waals surface area contributed by atoms with Crippen LogP contribution in [0, 0.1) is 0 Å². The van der Waals surface area contributed by atoms with Crippen LogP contribution in [0.5, 0.6) is 17.2 Å². The fourth-order valence-electron chi connectivity index (χ4n) is 3.58. The molecule has 0 N–H and O–H groups in total. The van der Waals surface area contributed by atoms with Crippen molar-refractivity contribution in [3.05, 3.63) is 84.4 Å². The molecule has 1 fully saturated rings. The molecule has 0 aliphatic carbocycles. The summed E-state index contributed by atoms with van der Waals surface area (Å²) in [5.74, 6) is 1.74. The van der Waals surface area contributed by atoms with E-state index < -0.39 is 5.54 Å². The Morgan fingerprint density at radius 3 is 2.13 bits per heavy atom. The van der Waals surface area contributed by atoms with Gasteiger partial charge in [-0.25, -0.2) is 9.69 Å². The molecule has 4 rings (SSSR count). The third-order valence-corrected chi connectivity index (χ3v) is 5.43. The molecule has 3 aromatic carbocycles. The van der Waals surface area contributed by atoms with E-state index in [-0.39, 0.29) is 18.5 Å². The molecule has 0 saturated carbocycles. The number of anilines is 1. The molecule has 0 spiro atoms. The molecule has 0 aromatic heterocycles. The molecular formula is C25H24N2O4. The summed E-state index contributed by atoms with van der Waals surface area (Å²) in [5, 5.41) is 0. The van der Waals surface area contributed by atoms with Gasteiger partial charge in [-0.15, -0.1) is 0 Å². The smallest absolute Gasteiger partial charge is 0.332 e. The Morgan fingerprint density at radius 1 is 0.806 bits per heavy atom. The van der Waals surface area contributed by atoms with Gasteiger partial charge in [0.1, 0.15) is 22.8 Å². The van der Waals surface area contributed by atoms with Crippen LogP contribution in [-0.4, -0.2) is 29.5 Å². The van der Waals surface area contributed by atoms with Gasteiger partial charge in [-0.3, -0.25) is 4.79 Å². The van der Waals surface area contributed by atoms with Crippen LogP contribution in [0.25, 0.3) is 0 Å². The molecular weight excluding hydrogens is 392 g/mol. The van der Waals surface area contributed by atoms with Crippen LogP contribution in [0.1, 0.15) is 19.4 Å². The van der Waals surface area contributed by atoms with E-state index in [1.165, 1.54) is 4.90 Å². The van der Waals surface area contributed by atoms with E-state index >= 15 is 0 Å². The lowest BCUT2D eigenvalue weighted by Gasteiger charge is -2.28. The molecule has 0 radical (unpaired) electrons. The van der Waals surface area contributed by atoms with Crippen molar-refractivity contribution < 1.29 is 19.1 Å². The van der Waals surface area contributed by atoms with Crippen molar-refractivity contribution in [2.75, 3.05) is 12.0 Å². The van der Waals surface area contributed by atoms with Crippen molar-refractivity contribution in [1.82, 2.24) is 4.90 Å². The number of nitrogens with zero attached hydrogens (tertiary/aromatic N) is 2. The van der Waals surface area contributed by atoms with E-state index in [9.17, 15) is 9.59 Å². The highest BCUT2D eigenvalue weighted by atomic mass is 16.5. The Morgan fingerprint density at radius 2 is 1.45 bits per heavy atom. The lowest BCUT2D eigenvalue weighted by atomic mass is 10.0. The first kappa shape index (κ1) is 20.5. The van der Waals surface area contributed by atoms with E-state index in [4.69, 9.17) is 9.47 Å². The summed E-state index contributed by atoms with van der Waals surface area (Å²) in [6.07, 6.45) is 0. The minimum absolute atomic E-state index is 0.243. The number of ether oxygens (including phenoxy) is 2. The van der Waals surface area contributed by atoms with Crippen molar-refractivity contribution in [3.63, 3.8) is 0 Å². The molecule has 3 amide bonds. The average molecular weight is 416 g/mol. The van der Waals surface area contributed by atoms with Gasteiger partial charge in [-0.05, 0) is 56.3 Å². The van der Waals surface area contributed by atoms with Gasteiger partial charge in [0.05, 0.1) is 19.3 Å². The minimum Gasteiger partial charge on any atom is -0.497 e. The zero-order valence-electron chi connectivity index (χ0n) is 17.7. The van der Waals surface area contributed by atoms with Crippen molar-refractivity contribution in [1.29, 1.82) is 0 Å². The first-order valence-electron chi connectivity index (χ1n) is 10.0. The molecule has 158 valence electrons. The van der Waals surface area contributed by atoms with Crippen LogP contribution in [0.3, 0.4) is 0 Å². The molecule has 6 heteroatoms. The first-order valence-corrected chi connectivity index (χ1v) is 10.0. The molecule has 1 aliphatic rings. The molecule has 31 heavy (non-hydrogen) atoms. The van der Waals surface area contributed by atoms with Gasteiger partial charge in [0.15, 0.2) is 0 Å². The number of hydrogen-bond donors (Lipinski definition) is 0. The second-order valence-electron chi connectivity index (χ2n) is 7.79. The second kappa shape index (κ2) is 8.14. The van der Waals surface area contributed by atoms with Gasteiger partial charge in [-0.1, -0.05) is 36.4 Å². The van der Waals surface area contributed by atoms with E-state index in [1.807, 2.05) is 54.6 Å². The molecule has 6 nitrogen and oxygen atoms in total. The number of hydrogen-bond acceptors (Lipinski definition) is 4. The summed E-state index contributed by atoms with van der Waals surface area (Å²) in [7, 11) is 1.57. The maximum Gasteiger partial charge on any atom is 0.332 e. The number of carbonyl (C=O) groups is 2. The largest absolute Gasteiger partial charge is 0.497 e. The van der Waals surface area contributed by atoms with Gasteiger partial charge >= 0.3 is 6.03 Å². The van der Waals surface area contributed by atoms with Gasteiger partial charge in [0.2, 0.25) is 0 Å². The van der Waals surface area contributed by atoms with Crippen LogP contribution in [0.4, 0.5) is 10.5 Å². The third-order valence-electron chi connectivity index (χ3n) is 5.43. The zero-order chi connectivity index (χ0) is 22.0. The van der Waals surface area contributed by atoms with Crippen molar-refractivity contribution >= 4 is 17.6 Å². The quantitative estimate of drug-likeness (QED) is 0.516. The fraction of sp³-hybridized carbons (Fsp3) is 0.200. The van der Waals surface area contributed by atoms with Crippen molar-refractivity contribution in [2.45, 2.75) is 25.9 Å². The van der Waals surface area contributed by atoms with Crippen LogP contribution in [0.2, 0.25) is 0 Å². The molecule has 3 aromatic rings. The Bertz CT molecular complexity index is 1090. The molecule has 1 aliphatic heterocycles. The number of benzene rings is 3. The van der Waals surface area contributed by atoms with E-state index in [0.717, 1.165) is 5.56 Å². The standard InChI is InChI=1S/C25H24N2O4/c1-25(2)23(28)27(19-13-15-20(30-3)16-14-19)24(29)26(25)17-18-9-7-8-12-22(18)31-21-10-5-4-6-11-21/h4-16H,17H2,1-3H3. The van der Waals surface area contributed by atoms with Gasteiger partial charge in [0, 0.05) is 5.56 Å². The number of urea groups is 1. The fourth-order valence-corrected chi connectivity index (χ4v) is 3.58. The highest BCUT2D eigenvalue weighted by molar-refractivity contribution is 6.22. The predicted molar refractivity (Wildman–Crippen MR) is 118 cm³/mol. The number of imide groups is 1. The van der Waals surface area contributed by atoms with Gasteiger partial charge in [-0.2, -0.15) is 0 Å². The predicted octanol–water partition coefficient (Wildman–Crippen LogP) is 5.23. The second-order valence-corrected chi connectivity index (χ2v) is 7.79. The SMILES string of the molecule is COc1ccc(N2C(=O)N(Cc3ccccc3Oc3ccccc3)C(C)(C)C2=O)cc1. The summed E-state index contributed by atoms with van der Waals surface area (Å²) in [5.41, 5.74) is 0.328. The number of carbonyl (C=O) groups excluding carboxylic acids is 2. The topological polar surface area (TPSA) is 59.1 Å². The van der Waals surface area contributed by atoms with E-state index in [1.54, 1.807) is 50.1 Å². The van der Waals surface area contributed by atoms with Crippen LogP contribution < -0.4 is 14.4 Å². The zero-order valence-corrected chi connectivity index (χ0v) is 17.7. The molecule has 0 unspecified atom stereocenters. The summed E-state index contributed by atoms with van der Waals surface area (Å²) in [6, 6.07) is 23.5. The average Bonchev–Trinajstić information content (AvgIpc) is 2.95. The first-order chi connectivity index (χ1) is 14.9. The maximum atomic E-state index is 13.3. The normalized spacial score (nSPS) is 15.3. The summed E-state index contributed by atoms with van der Waals surface area (Å²) in [4.78, 5) is 29.3.